The molecule has 196 valence electrons. The Bertz CT molecular complexity index is 1570. The number of hydrogen-bond donors (Lipinski definition) is 1. The molecule has 0 amide bonds. The van der Waals surface area contributed by atoms with Crippen LogP contribution >= 0.6 is 11.8 Å². The highest BCUT2D eigenvalue weighted by atomic mass is 32.2. The number of thioether (sulfide) groups is 1. The van der Waals surface area contributed by atoms with Crippen molar-refractivity contribution in [2.24, 2.45) is 0 Å². The number of aromatic amines is 1. The molecule has 1 atom stereocenters. The molecule has 0 radical (unpaired) electrons. The van der Waals surface area contributed by atoms with Gasteiger partial charge < -0.3 is 18.9 Å². The number of rotatable bonds is 9. The molecule has 1 N–H and O–H groups in total. The highest BCUT2D eigenvalue weighted by Crippen LogP contribution is 2.42. The van der Waals surface area contributed by atoms with Crippen LogP contribution in [0.1, 0.15) is 48.7 Å². The topological polar surface area (TPSA) is 104 Å². The van der Waals surface area contributed by atoms with Crippen LogP contribution < -0.4 is 4.74 Å². The van der Waals surface area contributed by atoms with Gasteiger partial charge in [-0.2, -0.15) is 0 Å². The zero-order valence-corrected chi connectivity index (χ0v) is 22.5. The number of aromatic nitrogens is 6. The molecule has 2 aromatic carbocycles. The van der Waals surface area contributed by atoms with E-state index in [9.17, 15) is 0 Å². The van der Waals surface area contributed by atoms with Crippen molar-refractivity contribution in [1.82, 2.24) is 30.2 Å². The molecule has 5 aromatic rings. The van der Waals surface area contributed by atoms with Crippen molar-refractivity contribution in [3.05, 3.63) is 77.1 Å². The summed E-state index contributed by atoms with van der Waals surface area (Å²) in [5.74, 6) is 1.90. The average molecular weight is 531 g/mol. The Hall–Kier alpha value is -3.63. The highest BCUT2D eigenvalue weighted by Gasteiger charge is 2.40. The van der Waals surface area contributed by atoms with Crippen molar-refractivity contribution in [2.75, 3.05) is 13.7 Å². The third-order valence-corrected chi connectivity index (χ3v) is 8.11. The quantitative estimate of drug-likeness (QED) is 0.252. The van der Waals surface area contributed by atoms with E-state index < -0.39 is 5.60 Å². The maximum atomic E-state index is 6.45. The minimum atomic E-state index is -0.522. The first-order valence-corrected chi connectivity index (χ1v) is 13.9. The van der Waals surface area contributed by atoms with Gasteiger partial charge in [-0.05, 0) is 42.5 Å². The number of hydrogen-bond acceptors (Lipinski definition) is 8. The number of H-pyrrole nitrogens is 1. The van der Waals surface area contributed by atoms with Gasteiger partial charge in [0.15, 0.2) is 0 Å². The van der Waals surface area contributed by atoms with Gasteiger partial charge in [0, 0.05) is 22.7 Å². The molecule has 9 nitrogen and oxygen atoms in total. The first-order chi connectivity index (χ1) is 18.6. The highest BCUT2D eigenvalue weighted by molar-refractivity contribution is 7.98. The number of para-hydroxylation sites is 1. The van der Waals surface area contributed by atoms with Crippen molar-refractivity contribution < 1.29 is 13.9 Å². The molecule has 0 aliphatic carbocycles. The van der Waals surface area contributed by atoms with Crippen LogP contribution in [0.2, 0.25) is 0 Å². The molecule has 1 aliphatic rings. The summed E-state index contributed by atoms with van der Waals surface area (Å²) in [5.41, 5.74) is 6.20. The summed E-state index contributed by atoms with van der Waals surface area (Å²) < 4.78 is 19.5. The molecule has 0 fully saturated rings. The van der Waals surface area contributed by atoms with E-state index in [1.807, 2.05) is 30.5 Å². The third kappa shape index (κ3) is 4.48. The Balaban J connectivity index is 1.18. The monoisotopic (exact) mass is 530 g/mol. The molecule has 0 saturated carbocycles. The van der Waals surface area contributed by atoms with E-state index in [1.54, 1.807) is 11.8 Å². The molecule has 3 aromatic heterocycles. The first-order valence-electron chi connectivity index (χ1n) is 12.9. The number of nitrogens with one attached hydrogen (secondary N) is 1. The van der Waals surface area contributed by atoms with E-state index in [4.69, 9.17) is 13.9 Å². The lowest BCUT2D eigenvalue weighted by Crippen LogP contribution is -2.37. The second-order valence-electron chi connectivity index (χ2n) is 9.40. The Morgan fingerprint density at radius 3 is 2.87 bits per heavy atom. The summed E-state index contributed by atoms with van der Waals surface area (Å²) in [7, 11) is 1.64. The maximum Gasteiger partial charge on any atom is 0.276 e. The van der Waals surface area contributed by atoms with Crippen molar-refractivity contribution in [3.8, 4) is 11.4 Å². The van der Waals surface area contributed by atoms with Crippen LogP contribution in [-0.4, -0.2) is 43.9 Å². The first kappa shape index (κ1) is 24.7. The molecule has 0 spiro atoms. The summed E-state index contributed by atoms with van der Waals surface area (Å²) in [6.45, 7) is 5.01. The molecule has 1 unspecified atom stereocenters. The van der Waals surface area contributed by atoms with Gasteiger partial charge in [-0.3, -0.25) is 0 Å². The molecule has 0 saturated heterocycles. The van der Waals surface area contributed by atoms with Gasteiger partial charge in [-0.1, -0.05) is 55.1 Å². The predicted octanol–water partition coefficient (Wildman–Crippen LogP) is 5.42. The van der Waals surface area contributed by atoms with E-state index >= 15 is 0 Å². The van der Waals surface area contributed by atoms with Crippen LogP contribution in [0.4, 0.5) is 0 Å². The zero-order chi connectivity index (χ0) is 26.1. The Kier molecular flexibility index (Phi) is 6.67. The fraction of sp³-hybridized carbons (Fsp3) is 0.357. The van der Waals surface area contributed by atoms with E-state index in [1.165, 1.54) is 33.8 Å². The summed E-state index contributed by atoms with van der Waals surface area (Å²) in [6, 6.07) is 14.2. The van der Waals surface area contributed by atoms with Crippen molar-refractivity contribution in [2.45, 2.75) is 56.1 Å². The normalized spacial score (nSPS) is 17.1. The number of ether oxygens (including phenoxy) is 2. The lowest BCUT2D eigenvalue weighted by atomic mass is 9.86. The Morgan fingerprint density at radius 1 is 1.13 bits per heavy atom. The SMILES string of the molecule is CCc1cccc2c3c([nH]c12)C(CC)(Cc1nnc(SCc2cn(-c4cccc(OC)c4)nn2)o1)OCC3. The van der Waals surface area contributed by atoms with Gasteiger partial charge in [0.2, 0.25) is 5.89 Å². The summed E-state index contributed by atoms with van der Waals surface area (Å²) in [4.78, 5) is 3.73. The van der Waals surface area contributed by atoms with Gasteiger partial charge in [-0.15, -0.1) is 15.3 Å². The van der Waals surface area contributed by atoms with Crippen LogP contribution in [0.25, 0.3) is 16.6 Å². The number of aryl methyl sites for hydroxylation is 1. The minimum absolute atomic E-state index is 0.503. The summed E-state index contributed by atoms with van der Waals surface area (Å²) in [5, 5.41) is 19.0. The Morgan fingerprint density at radius 2 is 2.03 bits per heavy atom. The smallest absolute Gasteiger partial charge is 0.276 e. The number of benzene rings is 2. The predicted molar refractivity (Wildman–Crippen MR) is 145 cm³/mol. The number of nitrogens with zero attached hydrogens (tertiary/aromatic N) is 5. The van der Waals surface area contributed by atoms with E-state index in [-0.39, 0.29) is 0 Å². The molecular weight excluding hydrogens is 500 g/mol. The van der Waals surface area contributed by atoms with Crippen molar-refractivity contribution in [1.29, 1.82) is 0 Å². The van der Waals surface area contributed by atoms with E-state index in [2.05, 4.69) is 57.5 Å². The molecular formula is C28H30N6O3S. The summed E-state index contributed by atoms with van der Waals surface area (Å²) in [6.07, 6.45) is 5.08. The number of methoxy groups -OCH3 is 1. The van der Waals surface area contributed by atoms with Gasteiger partial charge >= 0.3 is 0 Å². The molecule has 6 rings (SSSR count). The van der Waals surface area contributed by atoms with Crippen molar-refractivity contribution in [3.63, 3.8) is 0 Å². The van der Waals surface area contributed by atoms with E-state index in [0.717, 1.165) is 42.1 Å². The molecule has 0 bridgehead atoms. The zero-order valence-electron chi connectivity index (χ0n) is 21.7. The molecule has 1 aliphatic heterocycles. The van der Waals surface area contributed by atoms with Crippen LogP contribution in [-0.2, 0) is 35.4 Å². The second-order valence-corrected chi connectivity index (χ2v) is 10.3. The lowest BCUT2D eigenvalue weighted by molar-refractivity contribution is -0.0696. The van der Waals surface area contributed by atoms with Gasteiger partial charge in [0.25, 0.3) is 5.22 Å². The van der Waals surface area contributed by atoms with Gasteiger partial charge in [-0.25, -0.2) is 4.68 Å². The largest absolute Gasteiger partial charge is 0.497 e. The molecule has 38 heavy (non-hydrogen) atoms. The average Bonchev–Trinajstić information content (AvgIpc) is 3.71. The lowest BCUT2D eigenvalue weighted by Gasteiger charge is -2.35. The van der Waals surface area contributed by atoms with Crippen LogP contribution in [0.15, 0.2) is 58.3 Å². The fourth-order valence-corrected chi connectivity index (χ4v) is 5.89. The third-order valence-electron chi connectivity index (χ3n) is 7.25. The van der Waals surface area contributed by atoms with Crippen molar-refractivity contribution >= 4 is 22.7 Å². The number of fused-ring (bicyclic) bond motifs is 3. The Labute approximate surface area is 224 Å². The van der Waals surface area contributed by atoms with Crippen LogP contribution in [0, 0.1) is 0 Å². The van der Waals surface area contributed by atoms with Gasteiger partial charge in [0.1, 0.15) is 11.4 Å². The standard InChI is InChI=1S/C28H30N6O3S/c1-4-18-8-6-11-22-23-12-13-36-28(5-2,26(23)29-25(18)22)15-24-31-32-27(37-24)38-17-19-16-34(33-30-19)20-9-7-10-21(14-20)35-3/h6-11,14,16,29H,4-5,12-13,15,17H2,1-3H3. The van der Waals surface area contributed by atoms with E-state index in [0.29, 0.717) is 29.9 Å². The molecule has 4 heterocycles. The maximum absolute atomic E-state index is 6.45. The second kappa shape index (κ2) is 10.3. The minimum Gasteiger partial charge on any atom is -0.497 e. The summed E-state index contributed by atoms with van der Waals surface area (Å²) >= 11 is 1.44. The van der Waals surface area contributed by atoms with Crippen LogP contribution in [0.3, 0.4) is 0 Å². The molecule has 10 heteroatoms. The van der Waals surface area contributed by atoms with Crippen LogP contribution in [0.5, 0.6) is 5.75 Å². The fourth-order valence-electron chi connectivity index (χ4n) is 5.23. The van der Waals surface area contributed by atoms with Gasteiger partial charge in [0.05, 0.1) is 43.4 Å².